The molecule has 0 heterocycles. The number of carbonyl (C=O) groups is 1. The van der Waals surface area contributed by atoms with Crippen LogP contribution >= 0.6 is 27.5 Å². The molecule has 7 heteroatoms. The molecule has 0 amide bonds. The van der Waals surface area contributed by atoms with Crippen LogP contribution in [0.4, 0.5) is 5.69 Å². The van der Waals surface area contributed by atoms with Crippen LogP contribution < -0.4 is 10.5 Å². The van der Waals surface area contributed by atoms with Gasteiger partial charge in [-0.2, -0.15) is 0 Å². The molecular weight excluding hydrogens is 323 g/mol. The van der Waals surface area contributed by atoms with Gasteiger partial charge in [0.2, 0.25) is 0 Å². The zero-order chi connectivity index (χ0) is 13.7. The van der Waals surface area contributed by atoms with Gasteiger partial charge in [0.15, 0.2) is 0 Å². The first-order valence-corrected chi connectivity index (χ1v) is 6.21. The van der Waals surface area contributed by atoms with E-state index in [9.17, 15) is 4.79 Å². The molecule has 0 aromatic heterocycles. The lowest BCUT2D eigenvalue weighted by Crippen LogP contribution is -2.13. The lowest BCUT2D eigenvalue weighted by molar-refractivity contribution is 0.0601. The van der Waals surface area contributed by atoms with Gasteiger partial charge in [-0.1, -0.05) is 0 Å². The van der Waals surface area contributed by atoms with Gasteiger partial charge in [-0.3, -0.25) is 0 Å². The number of hydrogen-bond donors (Lipinski definition) is 1. The van der Waals surface area contributed by atoms with Gasteiger partial charge in [0.05, 0.1) is 35.8 Å². The van der Waals surface area contributed by atoms with Crippen LogP contribution in [-0.4, -0.2) is 31.9 Å². The largest absolute Gasteiger partial charge is 0.495 e. The highest BCUT2D eigenvalue weighted by Gasteiger charge is 2.15. The van der Waals surface area contributed by atoms with Crippen molar-refractivity contribution in [2.24, 2.45) is 10.7 Å². The van der Waals surface area contributed by atoms with Crippen LogP contribution in [0.25, 0.3) is 0 Å². The quantitative estimate of drug-likeness (QED) is 0.397. The highest BCUT2D eigenvalue weighted by molar-refractivity contribution is 9.10. The second-order valence-electron chi connectivity index (χ2n) is 3.23. The molecule has 18 heavy (non-hydrogen) atoms. The number of ether oxygens (including phenoxy) is 2. The Morgan fingerprint density at radius 1 is 1.50 bits per heavy atom. The summed E-state index contributed by atoms with van der Waals surface area (Å²) in [4.78, 5) is 15.7. The number of esters is 1. The van der Waals surface area contributed by atoms with Gasteiger partial charge >= 0.3 is 5.97 Å². The molecule has 0 aliphatic heterocycles. The predicted octanol–water partition coefficient (Wildman–Crippen LogP) is 2.47. The lowest BCUT2D eigenvalue weighted by atomic mass is 10.1. The van der Waals surface area contributed by atoms with Crippen LogP contribution in [0, 0.1) is 0 Å². The van der Waals surface area contributed by atoms with Crippen LogP contribution in [0.5, 0.6) is 5.75 Å². The van der Waals surface area contributed by atoms with Crippen molar-refractivity contribution in [2.75, 3.05) is 20.1 Å². The summed E-state index contributed by atoms with van der Waals surface area (Å²) in [5.74, 6) is 0.286. The molecule has 0 saturated heterocycles. The number of carbonyl (C=O) groups excluding carboxylic acids is 1. The van der Waals surface area contributed by atoms with E-state index in [1.54, 1.807) is 12.1 Å². The maximum absolute atomic E-state index is 11.6. The Morgan fingerprint density at radius 3 is 2.67 bits per heavy atom. The summed E-state index contributed by atoms with van der Waals surface area (Å²) in [6.07, 6.45) is 0. The Hall–Kier alpha value is -1.27. The van der Waals surface area contributed by atoms with Crippen molar-refractivity contribution in [1.29, 1.82) is 0 Å². The smallest absolute Gasteiger partial charge is 0.340 e. The van der Waals surface area contributed by atoms with Gasteiger partial charge < -0.3 is 15.2 Å². The minimum atomic E-state index is -0.514. The Kier molecular flexibility index (Phi) is 5.43. The molecule has 0 atom stereocenters. The lowest BCUT2D eigenvalue weighted by Gasteiger charge is -2.09. The van der Waals surface area contributed by atoms with Gasteiger partial charge in [-0.05, 0) is 22.0 Å². The van der Waals surface area contributed by atoms with Crippen LogP contribution in [0.3, 0.4) is 0 Å². The number of aliphatic imine (C=N–C) groups is 1. The normalized spacial score (nSPS) is 11.2. The minimum absolute atomic E-state index is 0.0684. The van der Waals surface area contributed by atoms with Crippen molar-refractivity contribution < 1.29 is 14.3 Å². The number of hydrogen-bond acceptors (Lipinski definition) is 4. The maximum atomic E-state index is 11.6. The number of methoxy groups -OCH3 is 2. The zero-order valence-corrected chi connectivity index (χ0v) is 12.2. The number of halogens is 2. The molecule has 1 rings (SSSR count). The molecule has 0 aliphatic carbocycles. The molecule has 5 nitrogen and oxygen atoms in total. The third kappa shape index (κ3) is 3.36. The standard InChI is InChI=1S/C11H12BrClN2O3/c1-17-9-4-8(15-10(14)5-13)6(3-7(9)12)11(16)18-2/h3-4H,5H2,1-2H3,(H2,14,15). The molecular formula is C11H12BrClN2O3. The summed E-state index contributed by atoms with van der Waals surface area (Å²) in [7, 11) is 2.80. The van der Waals surface area contributed by atoms with Crippen molar-refractivity contribution in [2.45, 2.75) is 0 Å². The number of nitrogens with two attached hydrogens (primary N) is 1. The summed E-state index contributed by atoms with van der Waals surface area (Å²) in [6, 6.07) is 3.14. The van der Waals surface area contributed by atoms with E-state index in [2.05, 4.69) is 25.7 Å². The fourth-order valence-corrected chi connectivity index (χ4v) is 1.81. The topological polar surface area (TPSA) is 73.9 Å². The van der Waals surface area contributed by atoms with Crippen LogP contribution in [0.15, 0.2) is 21.6 Å². The molecule has 2 N–H and O–H groups in total. The van der Waals surface area contributed by atoms with E-state index in [0.717, 1.165) is 0 Å². The third-order valence-corrected chi connectivity index (χ3v) is 2.97. The average molecular weight is 336 g/mol. The third-order valence-electron chi connectivity index (χ3n) is 2.08. The van der Waals surface area contributed by atoms with Crippen LogP contribution in [-0.2, 0) is 4.74 Å². The van der Waals surface area contributed by atoms with E-state index in [1.807, 2.05) is 0 Å². The first-order chi connectivity index (χ1) is 8.53. The number of benzene rings is 1. The summed E-state index contributed by atoms with van der Waals surface area (Å²) in [5, 5.41) is 0. The first kappa shape index (κ1) is 14.8. The fourth-order valence-electron chi connectivity index (χ4n) is 1.25. The summed E-state index contributed by atoms with van der Waals surface area (Å²) in [5.41, 5.74) is 6.18. The monoisotopic (exact) mass is 334 g/mol. The van der Waals surface area contributed by atoms with E-state index in [4.69, 9.17) is 22.1 Å². The SMILES string of the molecule is COC(=O)c1cc(Br)c(OC)cc1N=C(N)CCl. The Bertz CT molecular complexity index is 491. The van der Waals surface area contributed by atoms with Crippen molar-refractivity contribution in [3.05, 3.63) is 22.2 Å². The van der Waals surface area contributed by atoms with Crippen molar-refractivity contribution in [3.63, 3.8) is 0 Å². The highest BCUT2D eigenvalue weighted by atomic mass is 79.9. The molecule has 0 fully saturated rings. The fraction of sp³-hybridized carbons (Fsp3) is 0.273. The Morgan fingerprint density at radius 2 is 2.17 bits per heavy atom. The molecule has 1 aromatic carbocycles. The number of alkyl halides is 1. The average Bonchev–Trinajstić information content (AvgIpc) is 2.39. The second kappa shape index (κ2) is 6.61. The van der Waals surface area contributed by atoms with E-state index < -0.39 is 5.97 Å². The van der Waals surface area contributed by atoms with E-state index in [0.29, 0.717) is 15.9 Å². The summed E-state index contributed by atoms with van der Waals surface area (Å²) in [6.45, 7) is 0. The number of amidine groups is 1. The van der Waals surface area contributed by atoms with Crippen molar-refractivity contribution in [3.8, 4) is 5.75 Å². The molecule has 0 bridgehead atoms. The Labute approximate surface area is 118 Å². The van der Waals surface area contributed by atoms with Gasteiger partial charge in [-0.25, -0.2) is 9.79 Å². The molecule has 1 aromatic rings. The molecule has 0 spiro atoms. The van der Waals surface area contributed by atoms with Gasteiger partial charge in [-0.15, -0.1) is 11.6 Å². The van der Waals surface area contributed by atoms with Crippen LogP contribution in [0.1, 0.15) is 10.4 Å². The van der Waals surface area contributed by atoms with Gasteiger partial charge in [0.1, 0.15) is 11.6 Å². The van der Waals surface area contributed by atoms with E-state index in [1.165, 1.54) is 14.2 Å². The van der Waals surface area contributed by atoms with Crippen molar-refractivity contribution >= 4 is 45.0 Å². The highest BCUT2D eigenvalue weighted by Crippen LogP contribution is 2.33. The summed E-state index contributed by atoms with van der Waals surface area (Å²) >= 11 is 8.84. The first-order valence-electron chi connectivity index (χ1n) is 4.88. The number of rotatable bonds is 4. The summed E-state index contributed by atoms with van der Waals surface area (Å²) < 4.78 is 10.4. The van der Waals surface area contributed by atoms with Crippen molar-refractivity contribution in [1.82, 2.24) is 0 Å². The van der Waals surface area contributed by atoms with E-state index in [-0.39, 0.29) is 17.3 Å². The molecule has 98 valence electrons. The number of nitrogens with zero attached hydrogens (tertiary/aromatic N) is 1. The second-order valence-corrected chi connectivity index (χ2v) is 4.35. The van der Waals surface area contributed by atoms with Gasteiger partial charge in [0, 0.05) is 6.07 Å². The molecule has 0 unspecified atom stereocenters. The molecule has 0 saturated carbocycles. The zero-order valence-electron chi connectivity index (χ0n) is 9.87. The van der Waals surface area contributed by atoms with Crippen LogP contribution in [0.2, 0.25) is 0 Å². The van der Waals surface area contributed by atoms with Gasteiger partial charge in [0.25, 0.3) is 0 Å². The maximum Gasteiger partial charge on any atom is 0.340 e. The van der Waals surface area contributed by atoms with E-state index >= 15 is 0 Å². The molecule has 0 radical (unpaired) electrons. The Balaban J connectivity index is 3.39. The predicted molar refractivity (Wildman–Crippen MR) is 74.0 cm³/mol. The molecule has 0 aliphatic rings. The minimum Gasteiger partial charge on any atom is -0.495 e.